The van der Waals surface area contributed by atoms with Gasteiger partial charge in [-0.3, -0.25) is 24.5 Å². The standard InChI is InChI=1S/C20H26N2O7/c1-12-8-18(23)16(17(12)11-22(26)27)9-19(24)29-13(2)20(25)21-10-14-4-6-15(28-3)7-5-14/h4-7,12-13,16-17H,8-11H2,1-3H3,(H,21,25)/t12-,13+,16+,17-/m1/s1. The maximum Gasteiger partial charge on any atom is 0.307 e. The number of amides is 1. The van der Waals surface area contributed by atoms with E-state index in [1.807, 2.05) is 0 Å². The fourth-order valence-corrected chi connectivity index (χ4v) is 3.55. The van der Waals surface area contributed by atoms with Crippen LogP contribution >= 0.6 is 0 Å². The maximum absolute atomic E-state index is 12.2. The second-order valence-corrected chi connectivity index (χ2v) is 7.34. The van der Waals surface area contributed by atoms with E-state index >= 15 is 0 Å². The Morgan fingerprint density at radius 3 is 2.55 bits per heavy atom. The highest BCUT2D eigenvalue weighted by Gasteiger charge is 2.44. The molecule has 0 saturated heterocycles. The Labute approximate surface area is 168 Å². The summed E-state index contributed by atoms with van der Waals surface area (Å²) < 4.78 is 10.2. The quantitative estimate of drug-likeness (QED) is 0.376. The molecule has 1 aliphatic rings. The molecule has 1 saturated carbocycles. The van der Waals surface area contributed by atoms with E-state index in [9.17, 15) is 24.5 Å². The number of carbonyl (C=O) groups excluding carboxylic acids is 3. The number of methoxy groups -OCH3 is 1. The molecule has 9 nitrogen and oxygen atoms in total. The zero-order valence-corrected chi connectivity index (χ0v) is 16.8. The van der Waals surface area contributed by atoms with Gasteiger partial charge in [-0.2, -0.15) is 0 Å². The minimum atomic E-state index is -1.04. The summed E-state index contributed by atoms with van der Waals surface area (Å²) >= 11 is 0. The molecule has 0 heterocycles. The van der Waals surface area contributed by atoms with Crippen molar-refractivity contribution in [2.75, 3.05) is 13.7 Å². The molecule has 2 rings (SSSR count). The van der Waals surface area contributed by atoms with E-state index in [1.165, 1.54) is 6.92 Å². The van der Waals surface area contributed by atoms with E-state index in [0.29, 0.717) is 5.75 Å². The minimum absolute atomic E-state index is 0.157. The summed E-state index contributed by atoms with van der Waals surface area (Å²) in [6.07, 6.45) is -1.07. The molecule has 1 aromatic carbocycles. The highest BCUT2D eigenvalue weighted by molar-refractivity contribution is 5.89. The summed E-state index contributed by atoms with van der Waals surface area (Å²) in [6, 6.07) is 7.15. The number of benzene rings is 1. The van der Waals surface area contributed by atoms with Crippen molar-refractivity contribution in [1.29, 1.82) is 0 Å². The van der Waals surface area contributed by atoms with Gasteiger partial charge in [-0.15, -0.1) is 0 Å². The number of nitro groups is 1. The number of carbonyl (C=O) groups is 3. The number of ether oxygens (including phenoxy) is 2. The van der Waals surface area contributed by atoms with Crippen LogP contribution < -0.4 is 10.1 Å². The number of nitrogens with one attached hydrogen (secondary N) is 1. The maximum atomic E-state index is 12.2. The second-order valence-electron chi connectivity index (χ2n) is 7.34. The third kappa shape index (κ3) is 6.27. The molecule has 0 spiro atoms. The first-order valence-electron chi connectivity index (χ1n) is 9.45. The van der Waals surface area contributed by atoms with Crippen LogP contribution in [0.25, 0.3) is 0 Å². The van der Waals surface area contributed by atoms with Crippen molar-refractivity contribution in [2.24, 2.45) is 17.8 Å². The van der Waals surface area contributed by atoms with E-state index in [2.05, 4.69) is 5.32 Å². The lowest BCUT2D eigenvalue weighted by molar-refractivity contribution is -0.490. The predicted molar refractivity (Wildman–Crippen MR) is 103 cm³/mol. The average Bonchev–Trinajstić information content (AvgIpc) is 2.92. The summed E-state index contributed by atoms with van der Waals surface area (Å²) in [7, 11) is 1.56. The summed E-state index contributed by atoms with van der Waals surface area (Å²) in [6.45, 7) is 3.11. The number of ketones is 1. The molecule has 0 bridgehead atoms. The van der Waals surface area contributed by atoms with Crippen molar-refractivity contribution in [3.05, 3.63) is 39.9 Å². The Kier molecular flexibility index (Phi) is 7.69. The van der Waals surface area contributed by atoms with Crippen LogP contribution in [0.15, 0.2) is 24.3 Å². The molecule has 1 amide bonds. The van der Waals surface area contributed by atoms with E-state index in [-0.39, 0.29) is 37.6 Å². The summed E-state index contributed by atoms with van der Waals surface area (Å²) in [5.41, 5.74) is 0.853. The van der Waals surface area contributed by atoms with Crippen LogP contribution in [0.3, 0.4) is 0 Å². The molecule has 9 heteroatoms. The second kappa shape index (κ2) is 9.99. The van der Waals surface area contributed by atoms with Gasteiger partial charge < -0.3 is 14.8 Å². The third-order valence-electron chi connectivity index (χ3n) is 5.23. The minimum Gasteiger partial charge on any atom is -0.497 e. The molecule has 0 aromatic heterocycles. The van der Waals surface area contributed by atoms with Gasteiger partial charge >= 0.3 is 5.97 Å². The van der Waals surface area contributed by atoms with E-state index in [1.54, 1.807) is 38.3 Å². The van der Waals surface area contributed by atoms with Gasteiger partial charge in [0, 0.05) is 29.7 Å². The lowest BCUT2D eigenvalue weighted by Crippen LogP contribution is -2.36. The van der Waals surface area contributed by atoms with Crippen molar-refractivity contribution in [3.8, 4) is 5.75 Å². The van der Waals surface area contributed by atoms with E-state index in [0.717, 1.165) is 5.56 Å². The molecular formula is C20H26N2O7. The number of Topliss-reactive ketones (excluding diaryl/α,β-unsaturated/α-hetero) is 1. The topological polar surface area (TPSA) is 125 Å². The zero-order valence-electron chi connectivity index (χ0n) is 16.8. The Balaban J connectivity index is 1.84. The Bertz CT molecular complexity index is 763. The fraction of sp³-hybridized carbons (Fsp3) is 0.550. The highest BCUT2D eigenvalue weighted by Crippen LogP contribution is 2.36. The van der Waals surface area contributed by atoms with Gasteiger partial charge in [-0.1, -0.05) is 19.1 Å². The number of nitrogens with zero attached hydrogens (tertiary/aromatic N) is 1. The Morgan fingerprint density at radius 2 is 1.97 bits per heavy atom. The van der Waals surface area contributed by atoms with Crippen LogP contribution in [0.5, 0.6) is 5.75 Å². The first-order valence-corrected chi connectivity index (χ1v) is 9.45. The van der Waals surface area contributed by atoms with Crippen LogP contribution in [0.2, 0.25) is 0 Å². The van der Waals surface area contributed by atoms with Gasteiger partial charge in [0.25, 0.3) is 5.91 Å². The monoisotopic (exact) mass is 406 g/mol. The molecule has 29 heavy (non-hydrogen) atoms. The van der Waals surface area contributed by atoms with Crippen molar-refractivity contribution in [3.63, 3.8) is 0 Å². The zero-order chi connectivity index (χ0) is 21.6. The van der Waals surface area contributed by atoms with Gasteiger partial charge in [-0.25, -0.2) is 0 Å². The van der Waals surface area contributed by atoms with E-state index in [4.69, 9.17) is 9.47 Å². The van der Waals surface area contributed by atoms with Crippen molar-refractivity contribution in [1.82, 2.24) is 5.32 Å². The first-order chi connectivity index (χ1) is 13.7. The lowest BCUT2D eigenvalue weighted by Gasteiger charge is -2.18. The normalized spacial score (nSPS) is 22.0. The SMILES string of the molecule is COc1ccc(CNC(=O)[C@H](C)OC(=O)C[C@@H]2C(=O)C[C@@H](C)[C@H]2C[N+](=O)[O-])cc1. The van der Waals surface area contributed by atoms with Crippen molar-refractivity contribution < 1.29 is 28.8 Å². The first kappa shape index (κ1) is 22.3. The van der Waals surface area contributed by atoms with Crippen LogP contribution in [0, 0.1) is 27.9 Å². The molecule has 1 aliphatic carbocycles. The fourth-order valence-electron chi connectivity index (χ4n) is 3.55. The molecule has 1 N–H and O–H groups in total. The molecule has 0 aliphatic heterocycles. The van der Waals surface area contributed by atoms with Gasteiger partial charge in [0.2, 0.25) is 6.54 Å². The molecule has 0 unspecified atom stereocenters. The van der Waals surface area contributed by atoms with Gasteiger partial charge in [0.05, 0.1) is 13.5 Å². The number of rotatable bonds is 9. The highest BCUT2D eigenvalue weighted by atomic mass is 16.6. The van der Waals surface area contributed by atoms with Gasteiger partial charge in [0.15, 0.2) is 6.10 Å². The number of hydrogen-bond donors (Lipinski definition) is 1. The Morgan fingerprint density at radius 1 is 1.31 bits per heavy atom. The van der Waals surface area contributed by atoms with E-state index < -0.39 is 34.7 Å². The molecule has 4 atom stereocenters. The van der Waals surface area contributed by atoms with Gasteiger partial charge in [-0.05, 0) is 30.5 Å². The summed E-state index contributed by atoms with van der Waals surface area (Å²) in [5.74, 6) is -2.04. The van der Waals surface area contributed by atoms with Gasteiger partial charge in [0.1, 0.15) is 11.5 Å². The molecular weight excluding hydrogens is 380 g/mol. The Hall–Kier alpha value is -2.97. The smallest absolute Gasteiger partial charge is 0.307 e. The summed E-state index contributed by atoms with van der Waals surface area (Å²) in [5, 5.41) is 13.5. The third-order valence-corrected chi connectivity index (χ3v) is 5.23. The predicted octanol–water partition coefficient (Wildman–Crippen LogP) is 1.75. The summed E-state index contributed by atoms with van der Waals surface area (Å²) in [4.78, 5) is 46.9. The van der Waals surface area contributed by atoms with Crippen molar-refractivity contribution >= 4 is 17.7 Å². The average molecular weight is 406 g/mol. The lowest BCUT2D eigenvalue weighted by atomic mass is 9.88. The number of esters is 1. The largest absolute Gasteiger partial charge is 0.497 e. The van der Waals surface area contributed by atoms with Crippen molar-refractivity contribution in [2.45, 2.75) is 39.3 Å². The van der Waals surface area contributed by atoms with Crippen LogP contribution in [0.4, 0.5) is 0 Å². The molecule has 1 aromatic rings. The van der Waals surface area contributed by atoms with Crippen LogP contribution in [0.1, 0.15) is 32.3 Å². The van der Waals surface area contributed by atoms with Crippen LogP contribution in [-0.4, -0.2) is 42.3 Å². The van der Waals surface area contributed by atoms with Crippen LogP contribution in [-0.2, 0) is 25.7 Å². The molecule has 1 fully saturated rings. The molecule has 0 radical (unpaired) electrons. The number of hydrogen-bond acceptors (Lipinski definition) is 7. The molecule has 158 valence electrons.